The summed E-state index contributed by atoms with van der Waals surface area (Å²) in [5.41, 5.74) is 0.856. The zero-order valence-electron chi connectivity index (χ0n) is 17.2. The van der Waals surface area contributed by atoms with E-state index >= 15 is 0 Å². The second kappa shape index (κ2) is 8.93. The Hall–Kier alpha value is -1.44. The number of carbonyl (C=O) groups excluding carboxylic acids is 1. The first-order chi connectivity index (χ1) is 13.7. The topological polar surface area (TPSA) is 73.5 Å². The number of nitrogens with zero attached hydrogens (tertiary/aromatic N) is 3. The molecule has 1 amide bonds. The number of H-pyrrole nitrogens is 1. The van der Waals surface area contributed by atoms with Crippen molar-refractivity contribution in [2.24, 2.45) is 11.3 Å². The Kier molecular flexibility index (Phi) is 6.33. The van der Waals surface area contributed by atoms with Crippen LogP contribution < -0.4 is 5.32 Å². The minimum Gasteiger partial charge on any atom is -0.379 e. The summed E-state index contributed by atoms with van der Waals surface area (Å²) >= 11 is 0. The molecule has 3 fully saturated rings. The molecule has 0 radical (unpaired) electrons. The SMILES string of the molecule is CCN1CC[C@@H]2C[C@@H](N3CCOCC3)CC[C@@]2(C(=O)NCCc2ccn[nH]2)C1. The van der Waals surface area contributed by atoms with Crippen molar-refractivity contribution in [2.45, 2.75) is 45.1 Å². The van der Waals surface area contributed by atoms with Crippen molar-refractivity contribution in [1.29, 1.82) is 0 Å². The molecule has 3 atom stereocenters. The summed E-state index contributed by atoms with van der Waals surface area (Å²) < 4.78 is 5.54. The van der Waals surface area contributed by atoms with Gasteiger partial charge in [-0.15, -0.1) is 0 Å². The average molecular weight is 390 g/mol. The maximum atomic E-state index is 13.4. The molecule has 1 saturated carbocycles. The van der Waals surface area contributed by atoms with E-state index in [2.05, 4.69) is 32.2 Å². The lowest BCUT2D eigenvalue weighted by atomic mass is 9.61. The van der Waals surface area contributed by atoms with Crippen LogP contribution in [0, 0.1) is 11.3 Å². The third-order valence-corrected chi connectivity index (χ3v) is 7.26. The van der Waals surface area contributed by atoms with Gasteiger partial charge in [0.1, 0.15) is 0 Å². The van der Waals surface area contributed by atoms with E-state index in [1.807, 2.05) is 6.07 Å². The smallest absolute Gasteiger partial charge is 0.227 e. The molecule has 28 heavy (non-hydrogen) atoms. The van der Waals surface area contributed by atoms with Crippen LogP contribution in [-0.2, 0) is 16.0 Å². The highest BCUT2D eigenvalue weighted by Gasteiger charge is 2.52. The van der Waals surface area contributed by atoms with Crippen LogP contribution in [0.3, 0.4) is 0 Å². The molecule has 1 aromatic rings. The fourth-order valence-corrected chi connectivity index (χ4v) is 5.54. The highest BCUT2D eigenvalue weighted by molar-refractivity contribution is 5.83. The predicted octanol–water partition coefficient (Wildman–Crippen LogP) is 1.28. The number of fused-ring (bicyclic) bond motifs is 1. The van der Waals surface area contributed by atoms with Gasteiger partial charge in [0.15, 0.2) is 0 Å². The quantitative estimate of drug-likeness (QED) is 0.767. The predicted molar refractivity (Wildman–Crippen MR) is 108 cm³/mol. The van der Waals surface area contributed by atoms with E-state index in [9.17, 15) is 4.79 Å². The van der Waals surface area contributed by atoms with Crippen molar-refractivity contribution in [3.05, 3.63) is 18.0 Å². The van der Waals surface area contributed by atoms with Crippen LogP contribution in [0.25, 0.3) is 0 Å². The van der Waals surface area contributed by atoms with E-state index in [1.54, 1.807) is 6.20 Å². The second-order valence-electron chi connectivity index (χ2n) is 8.67. The van der Waals surface area contributed by atoms with Gasteiger partial charge < -0.3 is 15.0 Å². The average Bonchev–Trinajstić information content (AvgIpc) is 3.27. The van der Waals surface area contributed by atoms with Gasteiger partial charge in [-0.2, -0.15) is 5.10 Å². The molecule has 1 aliphatic carbocycles. The largest absolute Gasteiger partial charge is 0.379 e. The summed E-state index contributed by atoms with van der Waals surface area (Å²) in [4.78, 5) is 18.5. The van der Waals surface area contributed by atoms with E-state index in [-0.39, 0.29) is 11.3 Å². The normalized spacial score (nSPS) is 32.0. The Bertz CT molecular complexity index is 631. The van der Waals surface area contributed by atoms with Gasteiger partial charge in [0, 0.05) is 50.5 Å². The molecule has 1 aromatic heterocycles. The molecular formula is C21H35N5O2. The summed E-state index contributed by atoms with van der Waals surface area (Å²) in [5.74, 6) is 0.764. The summed E-state index contributed by atoms with van der Waals surface area (Å²) in [7, 11) is 0. The van der Waals surface area contributed by atoms with Crippen LogP contribution in [-0.4, -0.2) is 84.4 Å². The van der Waals surface area contributed by atoms with Gasteiger partial charge >= 0.3 is 0 Å². The molecule has 7 heteroatoms. The minimum atomic E-state index is -0.217. The number of ether oxygens (including phenoxy) is 1. The van der Waals surface area contributed by atoms with Crippen LogP contribution in [0.5, 0.6) is 0 Å². The third kappa shape index (κ3) is 4.11. The van der Waals surface area contributed by atoms with Crippen LogP contribution in [0.4, 0.5) is 0 Å². The highest BCUT2D eigenvalue weighted by Crippen LogP contribution is 2.47. The number of nitrogens with one attached hydrogen (secondary N) is 2. The number of amides is 1. The van der Waals surface area contributed by atoms with Gasteiger partial charge in [0.2, 0.25) is 5.91 Å². The molecule has 7 nitrogen and oxygen atoms in total. The zero-order valence-corrected chi connectivity index (χ0v) is 17.2. The standard InChI is InChI=1S/C21H35N5O2/c1-2-25-10-6-17-15-19(26-11-13-28-14-12-26)3-7-21(17,16-25)20(27)22-8-4-18-5-9-23-24-18/h5,9,17,19H,2-4,6-8,10-16H2,1H3,(H,22,27)(H,23,24)/t17-,19+,21-/m1/s1. The number of rotatable bonds is 6. The number of carbonyl (C=O) groups is 1. The molecule has 156 valence electrons. The van der Waals surface area contributed by atoms with Gasteiger partial charge in [-0.25, -0.2) is 0 Å². The minimum absolute atomic E-state index is 0.217. The molecule has 0 spiro atoms. The summed E-state index contributed by atoms with van der Waals surface area (Å²) in [5, 5.41) is 10.2. The molecular weight excluding hydrogens is 354 g/mol. The molecule has 3 aliphatic rings. The van der Waals surface area contributed by atoms with Crippen molar-refractivity contribution in [1.82, 2.24) is 25.3 Å². The van der Waals surface area contributed by atoms with Crippen LogP contribution in [0.2, 0.25) is 0 Å². The van der Waals surface area contributed by atoms with E-state index in [0.717, 1.165) is 83.7 Å². The third-order valence-electron chi connectivity index (χ3n) is 7.26. The molecule has 0 aromatic carbocycles. The van der Waals surface area contributed by atoms with Crippen molar-refractivity contribution in [3.63, 3.8) is 0 Å². The van der Waals surface area contributed by atoms with E-state index in [0.29, 0.717) is 18.5 Å². The Morgan fingerprint density at radius 2 is 2.21 bits per heavy atom. The number of aromatic amines is 1. The molecule has 3 heterocycles. The number of aromatic nitrogens is 2. The molecule has 0 bridgehead atoms. The first kappa shape index (κ1) is 19.9. The van der Waals surface area contributed by atoms with Gasteiger partial charge in [0.05, 0.1) is 18.6 Å². The maximum Gasteiger partial charge on any atom is 0.227 e. The number of hydrogen-bond acceptors (Lipinski definition) is 5. The van der Waals surface area contributed by atoms with E-state index < -0.39 is 0 Å². The fraction of sp³-hybridized carbons (Fsp3) is 0.810. The Labute approximate surface area is 168 Å². The monoisotopic (exact) mass is 389 g/mol. The van der Waals surface area contributed by atoms with Crippen LogP contribution in [0.15, 0.2) is 12.3 Å². The first-order valence-corrected chi connectivity index (χ1v) is 11.0. The van der Waals surface area contributed by atoms with E-state index in [4.69, 9.17) is 4.74 Å². The summed E-state index contributed by atoms with van der Waals surface area (Å²) in [6.07, 6.45) is 7.00. The lowest BCUT2D eigenvalue weighted by Gasteiger charge is -2.53. The second-order valence-corrected chi connectivity index (χ2v) is 8.67. The van der Waals surface area contributed by atoms with Crippen LogP contribution >= 0.6 is 0 Å². The molecule has 0 unspecified atom stereocenters. The van der Waals surface area contributed by atoms with Gasteiger partial charge in [-0.3, -0.25) is 14.8 Å². The Morgan fingerprint density at radius 1 is 1.36 bits per heavy atom. The van der Waals surface area contributed by atoms with Gasteiger partial charge in [-0.1, -0.05) is 6.92 Å². The number of likely N-dealkylation sites (tertiary alicyclic amines) is 1. The number of piperidine rings is 1. The fourth-order valence-electron chi connectivity index (χ4n) is 5.54. The van der Waals surface area contributed by atoms with Crippen LogP contribution in [0.1, 0.15) is 38.3 Å². The highest BCUT2D eigenvalue weighted by atomic mass is 16.5. The number of morpholine rings is 1. The Morgan fingerprint density at radius 3 is 2.96 bits per heavy atom. The summed E-state index contributed by atoms with van der Waals surface area (Å²) in [6, 6.07) is 2.59. The van der Waals surface area contributed by atoms with Gasteiger partial charge in [-0.05, 0) is 50.8 Å². The molecule has 2 N–H and O–H groups in total. The molecule has 2 saturated heterocycles. The first-order valence-electron chi connectivity index (χ1n) is 11.0. The molecule has 2 aliphatic heterocycles. The number of hydrogen-bond donors (Lipinski definition) is 2. The Balaban J connectivity index is 1.42. The maximum absolute atomic E-state index is 13.4. The van der Waals surface area contributed by atoms with Crippen molar-refractivity contribution < 1.29 is 9.53 Å². The lowest BCUT2D eigenvalue weighted by Crippen LogP contribution is -2.61. The van der Waals surface area contributed by atoms with E-state index in [1.165, 1.54) is 0 Å². The van der Waals surface area contributed by atoms with Crippen molar-refractivity contribution in [3.8, 4) is 0 Å². The zero-order chi connectivity index (χ0) is 19.4. The lowest BCUT2D eigenvalue weighted by molar-refractivity contribution is -0.144. The molecule has 4 rings (SSSR count). The van der Waals surface area contributed by atoms with Gasteiger partial charge in [0.25, 0.3) is 0 Å². The summed E-state index contributed by atoms with van der Waals surface area (Å²) in [6.45, 7) is 9.75. The van der Waals surface area contributed by atoms with Crippen molar-refractivity contribution in [2.75, 3.05) is 52.5 Å². The van der Waals surface area contributed by atoms with Crippen molar-refractivity contribution >= 4 is 5.91 Å².